The number of aryl methyl sites for hydroxylation is 20. The van der Waals surface area contributed by atoms with Crippen molar-refractivity contribution < 1.29 is 192 Å². The van der Waals surface area contributed by atoms with Crippen LogP contribution >= 0.6 is 0 Å². The summed E-state index contributed by atoms with van der Waals surface area (Å²) in [5, 5.41) is 35.8. The van der Waals surface area contributed by atoms with E-state index in [4.69, 9.17) is 51.9 Å². The number of hydrogen-bond donors (Lipinski definition) is 0. The Bertz CT molecular complexity index is 5450. The van der Waals surface area contributed by atoms with Crippen molar-refractivity contribution in [1.82, 2.24) is 118 Å². The largest absolute Gasteiger partial charge is 1.00 e. The SMILES string of the molecule is CC(C)=O.CC(C)=O.CC(C)=O.CC(C)=O.Cc1cc(C)n(-c2cc(-n3nc(C)cc3C)nc(C)n2)n1.Cc1cc(C)n(-c2cc(-n3nc(C)cc3C)nc(C)n2)n1.Cc1cc(C)n(-c2cc(-n3nc(C)cc3C)nc(C)n2)n1.Cc1cc(C)n(-c2cc(-n3nc(C)cc3C)nc(C)n2)n1.O=S(=O)([O-])C(F)(F)F.O=S(=O)([O-])C(F)(F)F.O=S(=O)([O-])C(F)(F)F.O=S(=O)([O-])C(F)(F)F.[Cu+].[Cu+].[Cu+].[Cu+]. The first-order chi connectivity index (χ1) is 59.7. The smallest absolute Gasteiger partial charge is 0.741 e. The summed E-state index contributed by atoms with van der Waals surface area (Å²) in [5.74, 6) is 9.53. The first-order valence-electron chi connectivity index (χ1n) is 37.4. The molecule has 12 aromatic heterocycles. The van der Waals surface area contributed by atoms with Crippen molar-refractivity contribution in [2.45, 2.75) is 216 Å². The van der Waals surface area contributed by atoms with Crippen molar-refractivity contribution in [3.8, 4) is 46.5 Å². The van der Waals surface area contributed by atoms with Gasteiger partial charge < -0.3 is 37.4 Å². The molecule has 0 aliphatic carbocycles. The van der Waals surface area contributed by atoms with Crippen LogP contribution in [0.5, 0.6) is 0 Å². The molecular weight excluding hydrogens is 2120 g/mol. The van der Waals surface area contributed by atoms with E-state index in [2.05, 4.69) is 80.7 Å². The summed E-state index contributed by atoms with van der Waals surface area (Å²) in [6.07, 6.45) is 0. The third-order valence-corrected chi connectivity index (χ3v) is 16.5. The summed E-state index contributed by atoms with van der Waals surface area (Å²) in [6.45, 7) is 51.6. The van der Waals surface area contributed by atoms with Crippen molar-refractivity contribution in [2.75, 3.05) is 0 Å². The van der Waals surface area contributed by atoms with Gasteiger partial charge in [0.05, 0.1) is 45.6 Å². The molecule has 0 N–H and O–H groups in total. The third-order valence-electron chi connectivity index (χ3n) is 14.2. The minimum atomic E-state index is -6.09. The van der Waals surface area contributed by atoms with Crippen LogP contribution in [-0.4, -0.2) is 215 Å². The molecule has 12 aromatic rings. The van der Waals surface area contributed by atoms with E-state index in [1.807, 2.05) is 249 Å². The fraction of sp³-hybridized carbons (Fsp3) is 0.421. The van der Waals surface area contributed by atoms with Crippen molar-refractivity contribution in [3.63, 3.8) is 0 Å². The topological polar surface area (TPSA) is 543 Å². The van der Waals surface area contributed by atoms with Crippen molar-refractivity contribution in [2.24, 2.45) is 0 Å². The normalized spacial score (nSPS) is 10.9. The second kappa shape index (κ2) is 55.2. The molecule has 0 bridgehead atoms. The molecule has 0 spiro atoms. The fourth-order valence-corrected chi connectivity index (χ4v) is 9.90. The average Bonchev–Trinajstić information content (AvgIpc) is 1.65. The summed E-state index contributed by atoms with van der Waals surface area (Å²) in [6, 6.07) is 23.9. The van der Waals surface area contributed by atoms with Gasteiger partial charge in [0.25, 0.3) is 0 Å². The molecule has 0 amide bonds. The predicted molar refractivity (Wildman–Crippen MR) is 448 cm³/mol. The van der Waals surface area contributed by atoms with Gasteiger partial charge in [-0.3, -0.25) is 0 Å². The van der Waals surface area contributed by atoms with E-state index in [1.54, 1.807) is 0 Å². The monoisotopic (exact) mass is 2210 g/mol. The van der Waals surface area contributed by atoms with Gasteiger partial charge in [0.1, 0.15) is 46.4 Å². The number of rotatable bonds is 8. The van der Waals surface area contributed by atoms with E-state index >= 15 is 0 Å². The number of ketones is 4. The number of hydrogen-bond acceptors (Lipinski definition) is 32. The van der Waals surface area contributed by atoms with Crippen LogP contribution in [-0.2, 0) is 128 Å². The van der Waals surface area contributed by atoms with Crippen LogP contribution < -0.4 is 0 Å². The van der Waals surface area contributed by atoms with Gasteiger partial charge in [-0.25, -0.2) is 111 Å². The maximum Gasteiger partial charge on any atom is 1.00 e. The zero-order valence-electron chi connectivity index (χ0n) is 77.6. The average molecular weight is 2210 g/mol. The van der Waals surface area contributed by atoms with E-state index in [0.29, 0.717) is 23.3 Å². The summed E-state index contributed by atoms with van der Waals surface area (Å²) >= 11 is 0. The second-order valence-electron chi connectivity index (χ2n) is 28.5. The molecular formula is C76H96Cu4F12N24O16S4. The van der Waals surface area contributed by atoms with E-state index in [9.17, 15) is 71.9 Å². The number of carbonyl (C=O) groups is 4. The predicted octanol–water partition coefficient (Wildman–Crippen LogP) is 12.1. The van der Waals surface area contributed by atoms with E-state index in [-0.39, 0.29) is 91.4 Å². The maximum atomic E-state index is 10.7. The molecule has 60 heteroatoms. The molecule has 768 valence electrons. The first-order valence-corrected chi connectivity index (χ1v) is 43.0. The number of aromatic nitrogens is 24. The maximum absolute atomic E-state index is 10.7. The van der Waals surface area contributed by atoms with Crippen LogP contribution in [0.2, 0.25) is 0 Å². The number of nitrogens with zero attached hydrogens (tertiary/aromatic N) is 24. The van der Waals surface area contributed by atoms with Gasteiger partial charge in [0.2, 0.25) is 0 Å². The van der Waals surface area contributed by atoms with Crippen LogP contribution in [0, 0.1) is 138 Å². The van der Waals surface area contributed by atoms with Gasteiger partial charge in [-0.05, 0) is 242 Å². The Hall–Kier alpha value is -10.4. The zero-order chi connectivity index (χ0) is 103. The number of halogens is 12. The Labute approximate surface area is 817 Å². The summed E-state index contributed by atoms with van der Waals surface area (Å²) in [5.41, 5.74) is -6.46. The fourth-order valence-electron chi connectivity index (χ4n) is 9.90. The Balaban J connectivity index is -0.000000732. The van der Waals surface area contributed by atoms with E-state index in [0.717, 1.165) is 138 Å². The molecule has 0 aliphatic heterocycles. The second-order valence-corrected chi connectivity index (χ2v) is 34.0. The van der Waals surface area contributed by atoms with Gasteiger partial charge in [0.15, 0.2) is 87.0 Å². The minimum Gasteiger partial charge on any atom is -0.741 e. The van der Waals surface area contributed by atoms with Gasteiger partial charge in [-0.1, -0.05) is 0 Å². The van der Waals surface area contributed by atoms with Crippen molar-refractivity contribution >= 4 is 63.6 Å². The van der Waals surface area contributed by atoms with Crippen LogP contribution in [0.15, 0.2) is 72.8 Å². The quantitative estimate of drug-likeness (QED) is 0.0590. The number of Topliss-reactive ketones (excluding diaryl/α,β-unsaturated/α-hetero) is 4. The molecule has 136 heavy (non-hydrogen) atoms. The zero-order valence-corrected chi connectivity index (χ0v) is 84.6. The van der Waals surface area contributed by atoms with Crippen LogP contribution in [0.4, 0.5) is 52.7 Å². The molecule has 0 aromatic carbocycles. The first kappa shape index (κ1) is 132. The van der Waals surface area contributed by atoms with E-state index < -0.39 is 62.5 Å². The minimum absolute atomic E-state index is 0. The standard InChI is InChI=1S/4C15H18N6.4C3H6O.4CHF3O3S.4Cu/c4*1-9-6-11(3)20(18-9)14-8-15(17-13(5)16-14)21-12(4)7-10(2)19-21;4*1-3(2)4;4*2-1(3,4)8(5,6)7;;;;/h4*6-8H,1-5H3;4*1-2H3;4*(H,5,6,7);;;;/q;;;;;;;;;;;;4*+1/p-4. The molecule has 0 fully saturated rings. The Morgan fingerprint density at radius 3 is 0.338 bits per heavy atom. The number of alkyl halides is 12. The van der Waals surface area contributed by atoms with Gasteiger partial charge >= 0.3 is 90.3 Å². The van der Waals surface area contributed by atoms with Crippen molar-refractivity contribution in [1.29, 1.82) is 0 Å². The Kier molecular flexibility index (Phi) is 53.5. The molecule has 12 rings (SSSR count). The van der Waals surface area contributed by atoms with Gasteiger partial charge in [-0.15, -0.1) is 0 Å². The molecule has 40 nitrogen and oxygen atoms in total. The summed E-state index contributed by atoms with van der Waals surface area (Å²) in [7, 11) is -24.4. The van der Waals surface area contributed by atoms with Crippen LogP contribution in [0.25, 0.3) is 46.5 Å². The molecule has 12 heterocycles. The third kappa shape index (κ3) is 45.7. The Morgan fingerprint density at radius 1 is 0.213 bits per heavy atom. The molecule has 0 unspecified atom stereocenters. The van der Waals surface area contributed by atoms with E-state index in [1.165, 1.54) is 55.4 Å². The van der Waals surface area contributed by atoms with Gasteiger partial charge in [0, 0.05) is 69.8 Å². The van der Waals surface area contributed by atoms with Crippen LogP contribution in [0.3, 0.4) is 0 Å². The molecule has 0 saturated heterocycles. The Morgan fingerprint density at radius 2 is 0.287 bits per heavy atom. The molecule has 0 atom stereocenters. The number of carbonyl (C=O) groups excluding carboxylic acids is 4. The summed E-state index contributed by atoms with van der Waals surface area (Å²) < 4.78 is 250. The van der Waals surface area contributed by atoms with Crippen molar-refractivity contribution in [3.05, 3.63) is 187 Å². The molecule has 0 saturated carbocycles. The van der Waals surface area contributed by atoms with Gasteiger partial charge in [-0.2, -0.15) is 93.5 Å². The molecule has 0 aliphatic rings. The summed E-state index contributed by atoms with van der Waals surface area (Å²) in [4.78, 5) is 73.7. The molecule has 0 radical (unpaired) electrons. The van der Waals surface area contributed by atoms with Crippen LogP contribution in [0.1, 0.15) is 170 Å².